The number of rotatable bonds is 4. The SMILES string of the molecule is C[C@H]([C@@H](C)O)S(=O)(=O)Cc1cn2cc(Cl)cc(Cl)c2n1. The van der Waals surface area contributed by atoms with Gasteiger partial charge < -0.3 is 9.51 Å². The highest BCUT2D eigenvalue weighted by molar-refractivity contribution is 7.91. The predicted octanol–water partition coefficient (Wildman–Crippen LogP) is 2.33. The third kappa shape index (κ3) is 3.09. The van der Waals surface area contributed by atoms with E-state index in [0.29, 0.717) is 21.4 Å². The smallest absolute Gasteiger partial charge is 0.161 e. The van der Waals surface area contributed by atoms with E-state index < -0.39 is 21.2 Å². The average Bonchev–Trinajstić information content (AvgIpc) is 2.69. The van der Waals surface area contributed by atoms with Crippen LogP contribution in [0.25, 0.3) is 5.65 Å². The predicted molar refractivity (Wildman–Crippen MR) is 79.0 cm³/mol. The summed E-state index contributed by atoms with van der Waals surface area (Å²) in [6, 6.07) is 1.54. The molecule has 1 N–H and O–H groups in total. The molecular weight excluding hydrogens is 323 g/mol. The standard InChI is InChI=1S/C12H14Cl2N2O3S/c1-7(17)8(2)20(18,19)6-10-5-16-4-9(13)3-11(14)12(16)15-10/h3-5,7-8,17H,6H2,1-2H3/t7-,8-/m1/s1. The first-order valence-electron chi connectivity index (χ1n) is 5.93. The van der Waals surface area contributed by atoms with E-state index in [4.69, 9.17) is 23.2 Å². The molecule has 5 nitrogen and oxygen atoms in total. The van der Waals surface area contributed by atoms with Gasteiger partial charge in [-0.3, -0.25) is 0 Å². The van der Waals surface area contributed by atoms with E-state index in [9.17, 15) is 13.5 Å². The summed E-state index contributed by atoms with van der Waals surface area (Å²) in [7, 11) is -3.49. The lowest BCUT2D eigenvalue weighted by Crippen LogP contribution is -2.30. The highest BCUT2D eigenvalue weighted by atomic mass is 35.5. The van der Waals surface area contributed by atoms with Crippen LogP contribution in [0.2, 0.25) is 10.0 Å². The van der Waals surface area contributed by atoms with Crippen molar-refractivity contribution in [2.45, 2.75) is 31.0 Å². The van der Waals surface area contributed by atoms with Crippen LogP contribution in [0.4, 0.5) is 0 Å². The number of sulfone groups is 1. The van der Waals surface area contributed by atoms with Crippen molar-refractivity contribution in [3.8, 4) is 0 Å². The van der Waals surface area contributed by atoms with Crippen LogP contribution >= 0.6 is 23.2 Å². The monoisotopic (exact) mass is 336 g/mol. The van der Waals surface area contributed by atoms with E-state index in [1.807, 2.05) is 0 Å². The molecule has 0 saturated carbocycles. The van der Waals surface area contributed by atoms with Crippen LogP contribution in [0, 0.1) is 0 Å². The Hall–Kier alpha value is -0.820. The van der Waals surface area contributed by atoms with Crippen LogP contribution in [0.3, 0.4) is 0 Å². The van der Waals surface area contributed by atoms with Gasteiger partial charge in [0.05, 0.1) is 32.8 Å². The lowest BCUT2D eigenvalue weighted by molar-refractivity contribution is 0.192. The molecule has 0 radical (unpaired) electrons. The lowest BCUT2D eigenvalue weighted by Gasteiger charge is -2.14. The second-order valence-corrected chi connectivity index (χ2v) is 7.92. The number of halogens is 2. The number of hydrogen-bond acceptors (Lipinski definition) is 4. The Kier molecular flexibility index (Phi) is 4.30. The van der Waals surface area contributed by atoms with Gasteiger partial charge in [-0.15, -0.1) is 0 Å². The summed E-state index contributed by atoms with van der Waals surface area (Å²) >= 11 is 11.9. The number of aliphatic hydroxyl groups is 1. The third-order valence-electron chi connectivity index (χ3n) is 3.12. The zero-order chi connectivity index (χ0) is 15.1. The van der Waals surface area contributed by atoms with E-state index in [1.54, 1.807) is 22.9 Å². The fraction of sp³-hybridized carbons (Fsp3) is 0.417. The lowest BCUT2D eigenvalue weighted by atomic mass is 10.3. The minimum absolute atomic E-state index is 0.255. The van der Waals surface area contributed by atoms with Crippen molar-refractivity contribution in [2.24, 2.45) is 0 Å². The van der Waals surface area contributed by atoms with Gasteiger partial charge in [-0.05, 0) is 19.9 Å². The summed E-state index contributed by atoms with van der Waals surface area (Å²) in [6.07, 6.45) is 2.23. The maximum atomic E-state index is 12.1. The Morgan fingerprint density at radius 3 is 2.60 bits per heavy atom. The van der Waals surface area contributed by atoms with Gasteiger partial charge in [0.1, 0.15) is 0 Å². The molecule has 0 bridgehead atoms. The van der Waals surface area contributed by atoms with Crippen molar-refractivity contribution in [3.63, 3.8) is 0 Å². The van der Waals surface area contributed by atoms with Crippen LogP contribution in [0.1, 0.15) is 19.5 Å². The molecular formula is C12H14Cl2N2O3S. The molecule has 0 aliphatic carbocycles. The fourth-order valence-electron chi connectivity index (χ4n) is 1.78. The summed E-state index contributed by atoms with van der Waals surface area (Å²) in [5, 5.41) is 9.34. The number of aromatic nitrogens is 2. The maximum Gasteiger partial charge on any atom is 0.161 e. The Morgan fingerprint density at radius 2 is 2.00 bits per heavy atom. The highest BCUT2D eigenvalue weighted by Gasteiger charge is 2.26. The van der Waals surface area contributed by atoms with Gasteiger partial charge >= 0.3 is 0 Å². The van der Waals surface area contributed by atoms with Gasteiger partial charge in [-0.2, -0.15) is 0 Å². The molecule has 0 spiro atoms. The molecule has 0 aliphatic heterocycles. The molecule has 0 amide bonds. The normalized spacial score (nSPS) is 15.4. The first-order valence-corrected chi connectivity index (χ1v) is 8.40. The number of nitrogens with zero attached hydrogens (tertiary/aromatic N) is 2. The third-order valence-corrected chi connectivity index (χ3v) is 5.83. The van der Waals surface area contributed by atoms with Crippen LogP contribution in [0.15, 0.2) is 18.5 Å². The number of aliphatic hydroxyl groups excluding tert-OH is 1. The Morgan fingerprint density at radius 1 is 1.35 bits per heavy atom. The largest absolute Gasteiger partial charge is 0.392 e. The summed E-state index contributed by atoms with van der Waals surface area (Å²) in [5.41, 5.74) is 0.813. The number of pyridine rings is 1. The van der Waals surface area contributed by atoms with Gasteiger partial charge in [0.15, 0.2) is 15.5 Å². The van der Waals surface area contributed by atoms with Crippen LogP contribution in [-0.4, -0.2) is 34.3 Å². The molecule has 0 fully saturated rings. The quantitative estimate of drug-likeness (QED) is 0.929. The minimum atomic E-state index is -3.49. The summed E-state index contributed by atoms with van der Waals surface area (Å²) in [4.78, 5) is 4.19. The Bertz CT molecular complexity index is 740. The zero-order valence-electron chi connectivity index (χ0n) is 10.9. The average molecular weight is 337 g/mol. The number of hydrogen-bond donors (Lipinski definition) is 1. The maximum absolute atomic E-state index is 12.1. The zero-order valence-corrected chi connectivity index (χ0v) is 13.2. The van der Waals surface area contributed by atoms with Crippen molar-refractivity contribution < 1.29 is 13.5 Å². The van der Waals surface area contributed by atoms with Crippen LogP contribution in [0.5, 0.6) is 0 Å². The molecule has 20 heavy (non-hydrogen) atoms. The number of imidazole rings is 1. The molecule has 0 aromatic carbocycles. The second-order valence-electron chi connectivity index (χ2n) is 4.72. The first-order chi connectivity index (χ1) is 9.20. The second kappa shape index (κ2) is 5.52. The Balaban J connectivity index is 2.38. The van der Waals surface area contributed by atoms with E-state index >= 15 is 0 Å². The molecule has 2 heterocycles. The first kappa shape index (κ1) is 15.6. The Labute approximate surface area is 127 Å². The van der Waals surface area contributed by atoms with Crippen LogP contribution in [-0.2, 0) is 15.6 Å². The highest BCUT2D eigenvalue weighted by Crippen LogP contribution is 2.23. The topological polar surface area (TPSA) is 71.7 Å². The molecule has 2 rings (SSSR count). The van der Waals surface area contributed by atoms with Crippen molar-refractivity contribution in [3.05, 3.63) is 34.2 Å². The molecule has 0 unspecified atom stereocenters. The van der Waals surface area contributed by atoms with Crippen molar-refractivity contribution in [1.29, 1.82) is 0 Å². The van der Waals surface area contributed by atoms with Gasteiger partial charge in [0, 0.05) is 12.4 Å². The minimum Gasteiger partial charge on any atom is -0.392 e. The van der Waals surface area contributed by atoms with E-state index in [1.165, 1.54) is 13.8 Å². The molecule has 0 saturated heterocycles. The van der Waals surface area contributed by atoms with Crippen LogP contribution < -0.4 is 0 Å². The summed E-state index contributed by atoms with van der Waals surface area (Å²) < 4.78 is 25.8. The van der Waals surface area contributed by atoms with Crippen molar-refractivity contribution in [1.82, 2.24) is 9.38 Å². The van der Waals surface area contributed by atoms with E-state index in [2.05, 4.69) is 4.98 Å². The van der Waals surface area contributed by atoms with Gasteiger partial charge in [-0.25, -0.2) is 13.4 Å². The molecule has 0 aliphatic rings. The molecule has 2 aromatic heterocycles. The molecule has 8 heteroatoms. The van der Waals surface area contributed by atoms with Gasteiger partial charge in [-0.1, -0.05) is 23.2 Å². The van der Waals surface area contributed by atoms with Gasteiger partial charge in [0.25, 0.3) is 0 Å². The molecule has 2 aromatic rings. The van der Waals surface area contributed by atoms with Crippen molar-refractivity contribution in [2.75, 3.05) is 0 Å². The number of fused-ring (bicyclic) bond motifs is 1. The van der Waals surface area contributed by atoms with E-state index in [-0.39, 0.29) is 5.75 Å². The van der Waals surface area contributed by atoms with Crippen molar-refractivity contribution >= 4 is 38.7 Å². The molecule has 2 atom stereocenters. The fourth-order valence-corrected chi connectivity index (χ4v) is 3.72. The molecule has 110 valence electrons. The van der Waals surface area contributed by atoms with E-state index in [0.717, 1.165) is 0 Å². The summed E-state index contributed by atoms with van der Waals surface area (Å²) in [5.74, 6) is -0.255. The van der Waals surface area contributed by atoms with Gasteiger partial charge in [0.2, 0.25) is 0 Å². The summed E-state index contributed by atoms with van der Waals surface area (Å²) in [6.45, 7) is 2.92.